The zero-order chi connectivity index (χ0) is 17.4. The topological polar surface area (TPSA) is 58.5 Å². The molecule has 5 nitrogen and oxygen atoms in total. The van der Waals surface area contributed by atoms with Gasteiger partial charge < -0.3 is 15.4 Å². The van der Waals surface area contributed by atoms with Gasteiger partial charge in [-0.15, -0.1) is 11.3 Å². The van der Waals surface area contributed by atoms with Crippen LogP contribution in [-0.2, 0) is 12.0 Å². The molecule has 0 saturated heterocycles. The van der Waals surface area contributed by atoms with Crippen LogP contribution < -0.4 is 15.4 Å². The molecule has 0 saturated carbocycles. The Morgan fingerprint density at radius 1 is 1.29 bits per heavy atom. The number of hydrogen-bond donors (Lipinski definition) is 2. The van der Waals surface area contributed by atoms with E-state index < -0.39 is 0 Å². The molecule has 6 heteroatoms. The summed E-state index contributed by atoms with van der Waals surface area (Å²) in [4.78, 5) is 9.93. The van der Waals surface area contributed by atoms with Crippen molar-refractivity contribution in [2.24, 2.45) is 4.99 Å². The number of ether oxygens (including phenoxy) is 1. The van der Waals surface area contributed by atoms with Crippen molar-refractivity contribution in [1.29, 1.82) is 0 Å². The van der Waals surface area contributed by atoms with Crippen LogP contribution in [0, 0.1) is 0 Å². The molecule has 2 heterocycles. The van der Waals surface area contributed by atoms with Gasteiger partial charge in [0.05, 0.1) is 6.61 Å². The maximum absolute atomic E-state index is 5.56. The van der Waals surface area contributed by atoms with E-state index in [0.29, 0.717) is 19.0 Å². The minimum absolute atomic E-state index is 0.0522. The van der Waals surface area contributed by atoms with E-state index in [1.165, 1.54) is 4.88 Å². The first-order chi connectivity index (χ1) is 11.6. The van der Waals surface area contributed by atoms with Crippen LogP contribution in [0.5, 0.6) is 5.88 Å². The molecule has 2 aromatic heterocycles. The molecule has 0 bridgehead atoms. The maximum atomic E-state index is 5.56. The lowest BCUT2D eigenvalue weighted by Crippen LogP contribution is -2.43. The molecule has 0 amide bonds. The van der Waals surface area contributed by atoms with Crippen molar-refractivity contribution in [3.8, 4) is 5.88 Å². The molecule has 2 N–H and O–H groups in total. The largest absolute Gasteiger partial charge is 0.478 e. The number of nitrogens with zero attached hydrogens (tertiary/aromatic N) is 2. The van der Waals surface area contributed by atoms with E-state index in [9.17, 15) is 0 Å². The van der Waals surface area contributed by atoms with Crippen molar-refractivity contribution >= 4 is 17.3 Å². The number of guanidine groups is 1. The average Bonchev–Trinajstić information content (AvgIpc) is 3.12. The van der Waals surface area contributed by atoms with E-state index in [0.717, 1.165) is 18.1 Å². The molecule has 0 radical (unpaired) electrons. The van der Waals surface area contributed by atoms with Gasteiger partial charge in [-0.05, 0) is 24.4 Å². The average molecular weight is 347 g/mol. The Balaban J connectivity index is 1.92. The molecule has 24 heavy (non-hydrogen) atoms. The van der Waals surface area contributed by atoms with Crippen molar-refractivity contribution in [2.75, 3.05) is 20.2 Å². The number of aliphatic imine (C=N–C) groups is 1. The minimum atomic E-state index is 0.0522. The summed E-state index contributed by atoms with van der Waals surface area (Å²) in [5.41, 5.74) is 1.07. The third kappa shape index (κ3) is 4.96. The number of rotatable bonds is 7. The SMILES string of the molecule is CCOc1ncccc1CNC(=NC)NCC(C)(C)c1cccs1. The second-order valence-corrected chi connectivity index (χ2v) is 6.99. The first-order valence-corrected chi connectivity index (χ1v) is 9.00. The summed E-state index contributed by atoms with van der Waals surface area (Å²) in [5.74, 6) is 1.44. The molecule has 2 rings (SSSR count). The summed E-state index contributed by atoms with van der Waals surface area (Å²) >= 11 is 1.78. The van der Waals surface area contributed by atoms with Crippen molar-refractivity contribution in [3.05, 3.63) is 46.3 Å². The van der Waals surface area contributed by atoms with Crippen LogP contribution in [-0.4, -0.2) is 31.1 Å². The van der Waals surface area contributed by atoms with Gasteiger partial charge in [0.15, 0.2) is 5.96 Å². The Kier molecular flexibility index (Phi) is 6.61. The molecule has 0 aliphatic rings. The maximum Gasteiger partial charge on any atom is 0.218 e. The van der Waals surface area contributed by atoms with Crippen LogP contribution in [0.25, 0.3) is 0 Å². The molecule has 130 valence electrons. The molecular formula is C18H26N4OS. The summed E-state index contributed by atoms with van der Waals surface area (Å²) in [6, 6.07) is 8.18. The van der Waals surface area contributed by atoms with Crippen molar-refractivity contribution in [1.82, 2.24) is 15.6 Å². The lowest BCUT2D eigenvalue weighted by atomic mass is 9.91. The van der Waals surface area contributed by atoms with Gasteiger partial charge in [-0.1, -0.05) is 26.0 Å². The van der Waals surface area contributed by atoms with Gasteiger partial charge in [-0.25, -0.2) is 4.98 Å². The van der Waals surface area contributed by atoms with Crippen molar-refractivity contribution in [3.63, 3.8) is 0 Å². The Morgan fingerprint density at radius 2 is 2.12 bits per heavy atom. The van der Waals surface area contributed by atoms with Gasteiger partial charge in [0.1, 0.15) is 0 Å². The van der Waals surface area contributed by atoms with Crippen LogP contribution in [0.4, 0.5) is 0 Å². The summed E-state index contributed by atoms with van der Waals surface area (Å²) < 4.78 is 5.56. The zero-order valence-electron chi connectivity index (χ0n) is 14.8. The highest BCUT2D eigenvalue weighted by atomic mass is 32.1. The van der Waals surface area contributed by atoms with Gasteiger partial charge in [0.2, 0.25) is 5.88 Å². The van der Waals surface area contributed by atoms with Crippen molar-refractivity contribution in [2.45, 2.75) is 32.7 Å². The molecule has 0 aliphatic heterocycles. The Bertz CT molecular complexity index is 653. The van der Waals surface area contributed by atoms with E-state index in [2.05, 4.69) is 52.0 Å². The third-order valence-electron chi connectivity index (χ3n) is 3.69. The quantitative estimate of drug-likeness (QED) is 0.597. The molecule has 0 fully saturated rings. The smallest absolute Gasteiger partial charge is 0.218 e. The predicted molar refractivity (Wildman–Crippen MR) is 101 cm³/mol. The Morgan fingerprint density at radius 3 is 2.79 bits per heavy atom. The number of thiophene rings is 1. The molecule has 2 aromatic rings. The van der Waals surface area contributed by atoms with Crippen molar-refractivity contribution < 1.29 is 4.74 Å². The monoisotopic (exact) mass is 346 g/mol. The van der Waals surface area contributed by atoms with Gasteiger partial charge >= 0.3 is 0 Å². The van der Waals surface area contributed by atoms with Crippen LogP contribution >= 0.6 is 11.3 Å². The second kappa shape index (κ2) is 8.68. The molecule has 0 spiro atoms. The fourth-order valence-electron chi connectivity index (χ4n) is 2.28. The lowest BCUT2D eigenvalue weighted by Gasteiger charge is -2.25. The van der Waals surface area contributed by atoms with Gasteiger partial charge in [0, 0.05) is 42.2 Å². The fourth-order valence-corrected chi connectivity index (χ4v) is 3.13. The predicted octanol–water partition coefficient (Wildman–Crippen LogP) is 3.18. The minimum Gasteiger partial charge on any atom is -0.478 e. The normalized spacial score (nSPS) is 12.1. The standard InChI is InChI=1S/C18H26N4OS/c1-5-23-16-14(8-6-10-20-16)12-21-17(19-4)22-13-18(2,3)15-9-7-11-24-15/h6-11H,5,12-13H2,1-4H3,(H2,19,21,22). The Labute approximate surface area is 148 Å². The van der Waals surface area contributed by atoms with E-state index in [4.69, 9.17) is 4.74 Å². The highest BCUT2D eigenvalue weighted by Gasteiger charge is 2.21. The van der Waals surface area contributed by atoms with E-state index in [1.54, 1.807) is 24.6 Å². The molecule has 0 atom stereocenters. The van der Waals surface area contributed by atoms with Gasteiger partial charge in [0.25, 0.3) is 0 Å². The summed E-state index contributed by atoms with van der Waals surface area (Å²) in [7, 11) is 1.78. The highest BCUT2D eigenvalue weighted by Crippen LogP contribution is 2.26. The van der Waals surface area contributed by atoms with Crippen LogP contribution in [0.1, 0.15) is 31.2 Å². The van der Waals surface area contributed by atoms with E-state index in [-0.39, 0.29) is 5.41 Å². The van der Waals surface area contributed by atoms with Crippen LogP contribution in [0.3, 0.4) is 0 Å². The van der Waals surface area contributed by atoms with Crippen LogP contribution in [0.15, 0.2) is 40.8 Å². The van der Waals surface area contributed by atoms with E-state index in [1.807, 2.05) is 19.1 Å². The van der Waals surface area contributed by atoms with Gasteiger partial charge in [-0.2, -0.15) is 0 Å². The fraction of sp³-hybridized carbons (Fsp3) is 0.444. The number of pyridine rings is 1. The summed E-state index contributed by atoms with van der Waals surface area (Å²) in [6.07, 6.45) is 1.74. The van der Waals surface area contributed by atoms with E-state index >= 15 is 0 Å². The van der Waals surface area contributed by atoms with Gasteiger partial charge in [-0.3, -0.25) is 4.99 Å². The first-order valence-electron chi connectivity index (χ1n) is 8.12. The molecule has 0 aliphatic carbocycles. The number of nitrogens with one attached hydrogen (secondary N) is 2. The van der Waals surface area contributed by atoms with Crippen LogP contribution in [0.2, 0.25) is 0 Å². The molecular weight excluding hydrogens is 320 g/mol. The Hall–Kier alpha value is -2.08. The summed E-state index contributed by atoms with van der Waals surface area (Å²) in [6.45, 7) is 8.44. The first kappa shape index (κ1) is 18.3. The zero-order valence-corrected chi connectivity index (χ0v) is 15.6. The molecule has 0 aromatic carbocycles. The second-order valence-electron chi connectivity index (χ2n) is 6.04. The lowest BCUT2D eigenvalue weighted by molar-refractivity contribution is 0.322. The number of hydrogen-bond acceptors (Lipinski definition) is 4. The highest BCUT2D eigenvalue weighted by molar-refractivity contribution is 7.10. The third-order valence-corrected chi connectivity index (χ3v) is 4.92. The summed E-state index contributed by atoms with van der Waals surface area (Å²) in [5, 5.41) is 8.84. The number of aromatic nitrogens is 1. The molecule has 0 unspecified atom stereocenters.